The minimum atomic E-state index is -0.197. The largest absolute Gasteiger partial charge is 0.493 e. The van der Waals surface area contributed by atoms with Gasteiger partial charge in [0, 0.05) is 13.2 Å². The highest BCUT2D eigenvalue weighted by molar-refractivity contribution is 5.97. The molecule has 1 amide bonds. The Bertz CT molecular complexity index is 434. The van der Waals surface area contributed by atoms with Crippen LogP contribution in [-0.2, 0) is 0 Å². The van der Waals surface area contributed by atoms with E-state index < -0.39 is 0 Å². The van der Waals surface area contributed by atoms with Gasteiger partial charge in [0.25, 0.3) is 5.91 Å². The number of nitrogens with one attached hydrogen (secondary N) is 1. The number of aliphatic hydroxyl groups is 1. The summed E-state index contributed by atoms with van der Waals surface area (Å²) in [5, 5.41) is 11.8. The lowest BCUT2D eigenvalue weighted by Crippen LogP contribution is -2.29. The molecule has 1 aromatic carbocycles. The van der Waals surface area contributed by atoms with Gasteiger partial charge in [0.05, 0.1) is 19.8 Å². The summed E-state index contributed by atoms with van der Waals surface area (Å²) in [6.07, 6.45) is 1.60. The Labute approximate surface area is 119 Å². The Morgan fingerprint density at radius 3 is 2.65 bits per heavy atom. The summed E-state index contributed by atoms with van der Waals surface area (Å²) in [6, 6.07) is 5.20. The Hall–Kier alpha value is -1.75. The van der Waals surface area contributed by atoms with Crippen LogP contribution >= 0.6 is 0 Å². The van der Waals surface area contributed by atoms with Crippen molar-refractivity contribution in [3.8, 4) is 11.5 Å². The van der Waals surface area contributed by atoms with Gasteiger partial charge in [-0.25, -0.2) is 0 Å². The zero-order chi connectivity index (χ0) is 15.0. The minimum absolute atomic E-state index is 0.136. The molecule has 0 bridgehead atoms. The minimum Gasteiger partial charge on any atom is -0.493 e. The highest BCUT2D eigenvalue weighted by Crippen LogP contribution is 2.30. The van der Waals surface area contributed by atoms with Crippen LogP contribution in [-0.4, -0.2) is 38.4 Å². The van der Waals surface area contributed by atoms with Crippen molar-refractivity contribution in [3.05, 3.63) is 23.8 Å². The van der Waals surface area contributed by atoms with Crippen LogP contribution < -0.4 is 14.8 Å². The second-order valence-electron chi connectivity index (χ2n) is 4.54. The standard InChI is InChI=1S/C15H23NO4/c1-4-11(8-9-17)10-16-15(18)12-6-5-7-13(19-2)14(12)20-3/h5-7,11,17H,4,8-10H2,1-3H3,(H,16,18). The third kappa shape index (κ3) is 4.13. The first-order valence-corrected chi connectivity index (χ1v) is 6.77. The van der Waals surface area contributed by atoms with E-state index in [9.17, 15) is 4.79 Å². The van der Waals surface area contributed by atoms with Crippen molar-refractivity contribution in [2.24, 2.45) is 5.92 Å². The summed E-state index contributed by atoms with van der Waals surface area (Å²) >= 11 is 0. The van der Waals surface area contributed by atoms with E-state index in [0.29, 0.717) is 30.0 Å². The van der Waals surface area contributed by atoms with Gasteiger partial charge in [0.15, 0.2) is 11.5 Å². The molecule has 0 spiro atoms. The topological polar surface area (TPSA) is 67.8 Å². The average molecular weight is 281 g/mol. The maximum Gasteiger partial charge on any atom is 0.255 e. The molecule has 0 heterocycles. The first-order chi connectivity index (χ1) is 9.67. The van der Waals surface area contributed by atoms with Gasteiger partial charge >= 0.3 is 0 Å². The van der Waals surface area contributed by atoms with Crippen molar-refractivity contribution < 1.29 is 19.4 Å². The van der Waals surface area contributed by atoms with E-state index in [0.717, 1.165) is 6.42 Å². The second kappa shape index (κ2) is 8.43. The normalized spacial score (nSPS) is 11.8. The molecule has 0 saturated heterocycles. The molecule has 2 N–H and O–H groups in total. The number of ether oxygens (including phenoxy) is 2. The summed E-state index contributed by atoms with van der Waals surface area (Å²) in [6.45, 7) is 2.71. The number of amides is 1. The van der Waals surface area contributed by atoms with Crippen LogP contribution in [0.15, 0.2) is 18.2 Å². The summed E-state index contributed by atoms with van der Waals surface area (Å²) in [5.41, 5.74) is 0.450. The van der Waals surface area contributed by atoms with Crippen LogP contribution in [0.1, 0.15) is 30.1 Å². The lowest BCUT2D eigenvalue weighted by atomic mass is 10.0. The van der Waals surface area contributed by atoms with E-state index in [1.165, 1.54) is 14.2 Å². The molecule has 5 heteroatoms. The summed E-state index contributed by atoms with van der Waals surface area (Å²) in [5.74, 6) is 1.04. The van der Waals surface area contributed by atoms with Gasteiger partial charge in [-0.1, -0.05) is 19.4 Å². The molecule has 20 heavy (non-hydrogen) atoms. The number of methoxy groups -OCH3 is 2. The van der Waals surface area contributed by atoms with Crippen LogP contribution in [0.2, 0.25) is 0 Å². The molecule has 0 aliphatic carbocycles. The van der Waals surface area contributed by atoms with Gasteiger partial charge in [-0.05, 0) is 24.5 Å². The van der Waals surface area contributed by atoms with Gasteiger partial charge in [0.2, 0.25) is 0 Å². The summed E-state index contributed by atoms with van der Waals surface area (Å²) in [7, 11) is 3.04. The summed E-state index contributed by atoms with van der Waals surface area (Å²) < 4.78 is 10.4. The van der Waals surface area contributed by atoms with Crippen molar-refractivity contribution in [2.45, 2.75) is 19.8 Å². The van der Waals surface area contributed by atoms with Gasteiger partial charge in [-0.3, -0.25) is 4.79 Å². The van der Waals surface area contributed by atoms with Crippen molar-refractivity contribution in [2.75, 3.05) is 27.4 Å². The highest BCUT2D eigenvalue weighted by atomic mass is 16.5. The number of rotatable bonds is 8. The van der Waals surface area contributed by atoms with Gasteiger partial charge < -0.3 is 19.9 Å². The van der Waals surface area contributed by atoms with E-state index >= 15 is 0 Å². The summed E-state index contributed by atoms with van der Waals surface area (Å²) in [4.78, 5) is 12.2. The van der Waals surface area contributed by atoms with Gasteiger partial charge in [-0.15, -0.1) is 0 Å². The molecule has 0 fully saturated rings. The number of carbonyl (C=O) groups is 1. The molecule has 112 valence electrons. The van der Waals surface area contributed by atoms with E-state index in [1.807, 2.05) is 6.92 Å². The highest BCUT2D eigenvalue weighted by Gasteiger charge is 2.17. The lowest BCUT2D eigenvalue weighted by Gasteiger charge is -2.16. The van der Waals surface area contributed by atoms with E-state index in [4.69, 9.17) is 14.6 Å². The zero-order valence-electron chi connectivity index (χ0n) is 12.3. The second-order valence-corrected chi connectivity index (χ2v) is 4.54. The Balaban J connectivity index is 2.77. The maximum absolute atomic E-state index is 12.2. The number of carbonyl (C=O) groups excluding carboxylic acids is 1. The first kappa shape index (κ1) is 16.3. The third-order valence-corrected chi connectivity index (χ3v) is 3.31. The predicted octanol–water partition coefficient (Wildman–Crippen LogP) is 1.84. The lowest BCUT2D eigenvalue weighted by molar-refractivity contribution is 0.0940. The smallest absolute Gasteiger partial charge is 0.255 e. The molecule has 1 unspecified atom stereocenters. The Morgan fingerprint density at radius 1 is 1.35 bits per heavy atom. The average Bonchev–Trinajstić information content (AvgIpc) is 2.49. The molecule has 0 aromatic heterocycles. The fraction of sp³-hybridized carbons (Fsp3) is 0.533. The fourth-order valence-corrected chi connectivity index (χ4v) is 2.03. The Kier molecular flexibility index (Phi) is 6.87. The molecule has 0 saturated carbocycles. The van der Waals surface area contributed by atoms with Crippen LogP contribution in [0.5, 0.6) is 11.5 Å². The molecular formula is C15H23NO4. The molecule has 1 aromatic rings. The first-order valence-electron chi connectivity index (χ1n) is 6.77. The molecule has 0 radical (unpaired) electrons. The van der Waals surface area contributed by atoms with Crippen LogP contribution in [0.4, 0.5) is 0 Å². The van der Waals surface area contributed by atoms with Crippen molar-refractivity contribution >= 4 is 5.91 Å². The number of hydrogen-bond donors (Lipinski definition) is 2. The Morgan fingerprint density at radius 2 is 2.10 bits per heavy atom. The van der Waals surface area contributed by atoms with Crippen LogP contribution in [0.3, 0.4) is 0 Å². The van der Waals surface area contributed by atoms with Crippen LogP contribution in [0.25, 0.3) is 0 Å². The molecule has 0 aliphatic heterocycles. The van der Waals surface area contributed by atoms with Crippen molar-refractivity contribution in [1.29, 1.82) is 0 Å². The molecule has 5 nitrogen and oxygen atoms in total. The number of aliphatic hydroxyl groups excluding tert-OH is 1. The van der Waals surface area contributed by atoms with E-state index in [1.54, 1.807) is 18.2 Å². The number of benzene rings is 1. The maximum atomic E-state index is 12.2. The zero-order valence-corrected chi connectivity index (χ0v) is 12.3. The number of para-hydroxylation sites is 1. The SMILES string of the molecule is CCC(CCO)CNC(=O)c1cccc(OC)c1OC. The quantitative estimate of drug-likeness (QED) is 0.763. The number of hydrogen-bond acceptors (Lipinski definition) is 4. The molecular weight excluding hydrogens is 258 g/mol. The third-order valence-electron chi connectivity index (χ3n) is 3.31. The van der Waals surface area contributed by atoms with E-state index in [2.05, 4.69) is 5.32 Å². The van der Waals surface area contributed by atoms with Gasteiger partial charge in [-0.2, -0.15) is 0 Å². The van der Waals surface area contributed by atoms with Crippen LogP contribution in [0, 0.1) is 5.92 Å². The monoisotopic (exact) mass is 281 g/mol. The van der Waals surface area contributed by atoms with Gasteiger partial charge in [0.1, 0.15) is 0 Å². The van der Waals surface area contributed by atoms with E-state index in [-0.39, 0.29) is 18.4 Å². The predicted molar refractivity (Wildman–Crippen MR) is 77.4 cm³/mol. The fourth-order valence-electron chi connectivity index (χ4n) is 2.03. The molecule has 1 atom stereocenters. The van der Waals surface area contributed by atoms with Crippen molar-refractivity contribution in [1.82, 2.24) is 5.32 Å². The van der Waals surface area contributed by atoms with Crippen molar-refractivity contribution in [3.63, 3.8) is 0 Å². The molecule has 1 rings (SSSR count). The molecule has 0 aliphatic rings.